The number of halogens is 4. The lowest BCUT2D eigenvalue weighted by molar-refractivity contribution is -0.137. The van der Waals surface area contributed by atoms with Crippen LogP contribution in [-0.2, 0) is 6.18 Å². The number of nitriles is 1. The highest BCUT2D eigenvalue weighted by molar-refractivity contribution is 5.99. The van der Waals surface area contributed by atoms with Gasteiger partial charge in [0.25, 0.3) is 0 Å². The van der Waals surface area contributed by atoms with Crippen molar-refractivity contribution in [2.75, 3.05) is 16.4 Å². The first-order valence-electron chi connectivity index (χ1n) is 7.97. The van der Waals surface area contributed by atoms with Crippen LogP contribution in [0.3, 0.4) is 0 Å². The average molecular weight is 404 g/mol. The summed E-state index contributed by atoms with van der Waals surface area (Å²) >= 11 is 0. The van der Waals surface area contributed by atoms with Crippen LogP contribution < -0.4 is 16.4 Å². The van der Waals surface area contributed by atoms with Crippen molar-refractivity contribution in [3.63, 3.8) is 0 Å². The van der Waals surface area contributed by atoms with Crippen molar-refractivity contribution in [2.45, 2.75) is 6.18 Å². The molecule has 0 radical (unpaired) electrons. The highest BCUT2D eigenvalue weighted by Gasteiger charge is 2.31. The number of aromatic nitrogens is 2. The maximum atomic E-state index is 13.7. The van der Waals surface area contributed by atoms with Crippen molar-refractivity contribution in [1.82, 2.24) is 9.55 Å². The number of nitrogen functional groups attached to an aromatic ring is 1. The van der Waals surface area contributed by atoms with Gasteiger partial charge in [-0.15, -0.1) is 0 Å². The van der Waals surface area contributed by atoms with Crippen LogP contribution in [0.5, 0.6) is 0 Å². The standard InChI is InChI=1S/C18H12F4N6O/c19-13-6-1-10(18(20,21)22)7-14(13)27-17(29)26-11-2-4-12(5-3-11)28-9-25-15(8-23)16(28)24/h1-7,9H,24H2,(H2,26,27,29). The Labute approximate surface area is 161 Å². The molecule has 1 heterocycles. The molecule has 0 aliphatic rings. The molecule has 0 saturated heterocycles. The lowest BCUT2D eigenvalue weighted by atomic mass is 10.2. The lowest BCUT2D eigenvalue weighted by Gasteiger charge is -2.12. The normalized spacial score (nSPS) is 11.0. The molecule has 3 rings (SSSR count). The first-order chi connectivity index (χ1) is 13.7. The third kappa shape index (κ3) is 4.27. The minimum absolute atomic E-state index is 0.0645. The Morgan fingerprint density at radius 3 is 2.41 bits per heavy atom. The number of anilines is 3. The molecule has 0 atom stereocenters. The Hall–Kier alpha value is -4.07. The fraction of sp³-hybridized carbons (Fsp3) is 0.0556. The molecule has 148 valence electrons. The van der Waals surface area contributed by atoms with E-state index in [4.69, 9.17) is 11.0 Å². The Balaban J connectivity index is 1.72. The molecule has 0 unspecified atom stereocenters. The predicted molar refractivity (Wildman–Crippen MR) is 96.7 cm³/mol. The molecule has 2 amide bonds. The molecule has 1 aromatic heterocycles. The summed E-state index contributed by atoms with van der Waals surface area (Å²) in [7, 11) is 0. The van der Waals surface area contributed by atoms with Crippen molar-refractivity contribution < 1.29 is 22.4 Å². The van der Waals surface area contributed by atoms with E-state index in [0.717, 1.165) is 0 Å². The molecule has 7 nitrogen and oxygen atoms in total. The van der Waals surface area contributed by atoms with E-state index in [9.17, 15) is 22.4 Å². The van der Waals surface area contributed by atoms with Crippen molar-refractivity contribution in [2.24, 2.45) is 0 Å². The third-order valence-electron chi connectivity index (χ3n) is 3.86. The number of hydrogen-bond donors (Lipinski definition) is 3. The van der Waals surface area contributed by atoms with Gasteiger partial charge < -0.3 is 16.4 Å². The number of alkyl halides is 3. The minimum atomic E-state index is -4.67. The molecule has 0 bridgehead atoms. The molecule has 2 aromatic carbocycles. The van der Waals surface area contributed by atoms with Gasteiger partial charge in [0.2, 0.25) is 0 Å². The van der Waals surface area contributed by atoms with E-state index >= 15 is 0 Å². The van der Waals surface area contributed by atoms with Crippen LogP contribution >= 0.6 is 0 Å². The second-order valence-electron chi connectivity index (χ2n) is 5.78. The smallest absolute Gasteiger partial charge is 0.382 e. The zero-order valence-electron chi connectivity index (χ0n) is 14.5. The monoisotopic (exact) mass is 404 g/mol. The summed E-state index contributed by atoms with van der Waals surface area (Å²) in [5, 5.41) is 13.3. The quantitative estimate of drug-likeness (QED) is 0.571. The highest BCUT2D eigenvalue weighted by Crippen LogP contribution is 2.31. The number of benzene rings is 2. The molecule has 0 saturated carbocycles. The second-order valence-corrected chi connectivity index (χ2v) is 5.78. The number of carbonyl (C=O) groups is 1. The molecule has 0 aliphatic carbocycles. The summed E-state index contributed by atoms with van der Waals surface area (Å²) in [6.07, 6.45) is -3.31. The SMILES string of the molecule is N#Cc1ncn(-c2ccc(NC(=O)Nc3cc(C(F)(F)F)ccc3F)cc2)c1N. The van der Waals surface area contributed by atoms with Gasteiger partial charge >= 0.3 is 12.2 Å². The van der Waals surface area contributed by atoms with Gasteiger partial charge in [-0.05, 0) is 42.5 Å². The highest BCUT2D eigenvalue weighted by atomic mass is 19.4. The first-order valence-corrected chi connectivity index (χ1v) is 7.97. The van der Waals surface area contributed by atoms with Gasteiger partial charge in [0.05, 0.1) is 11.3 Å². The summed E-state index contributed by atoms with van der Waals surface area (Å²) < 4.78 is 53.4. The average Bonchev–Trinajstić information content (AvgIpc) is 3.04. The first kappa shape index (κ1) is 19.7. The molecule has 0 fully saturated rings. The van der Waals surface area contributed by atoms with Crippen LogP contribution in [0, 0.1) is 17.1 Å². The Kier molecular flexibility index (Phi) is 5.10. The fourth-order valence-corrected chi connectivity index (χ4v) is 2.44. The molecule has 0 spiro atoms. The summed E-state index contributed by atoms with van der Waals surface area (Å²) in [6, 6.07) is 8.74. The van der Waals surface area contributed by atoms with Crippen molar-refractivity contribution in [3.05, 3.63) is 65.9 Å². The lowest BCUT2D eigenvalue weighted by Crippen LogP contribution is -2.20. The van der Waals surface area contributed by atoms with Gasteiger partial charge in [-0.2, -0.15) is 18.4 Å². The van der Waals surface area contributed by atoms with Crippen LogP contribution in [0.2, 0.25) is 0 Å². The van der Waals surface area contributed by atoms with Crippen LogP contribution in [0.4, 0.5) is 39.5 Å². The Morgan fingerprint density at radius 1 is 1.14 bits per heavy atom. The van der Waals surface area contributed by atoms with Crippen LogP contribution in [0.15, 0.2) is 48.8 Å². The maximum absolute atomic E-state index is 13.7. The predicted octanol–water partition coefficient (Wildman–Crippen LogP) is 4.13. The largest absolute Gasteiger partial charge is 0.416 e. The third-order valence-corrected chi connectivity index (χ3v) is 3.86. The fourth-order valence-electron chi connectivity index (χ4n) is 2.44. The van der Waals surface area contributed by atoms with Crippen LogP contribution in [-0.4, -0.2) is 15.6 Å². The molecule has 4 N–H and O–H groups in total. The zero-order chi connectivity index (χ0) is 21.2. The number of nitrogens with zero attached hydrogens (tertiary/aromatic N) is 3. The number of nitrogens with two attached hydrogens (primary N) is 1. The maximum Gasteiger partial charge on any atom is 0.416 e. The molecular weight excluding hydrogens is 392 g/mol. The minimum Gasteiger partial charge on any atom is -0.382 e. The van der Waals surface area contributed by atoms with Crippen LogP contribution in [0.1, 0.15) is 11.3 Å². The number of hydrogen-bond acceptors (Lipinski definition) is 4. The van der Waals surface area contributed by atoms with Crippen molar-refractivity contribution in [3.8, 4) is 11.8 Å². The van der Waals surface area contributed by atoms with Crippen LogP contribution in [0.25, 0.3) is 5.69 Å². The Bertz CT molecular complexity index is 1100. The zero-order valence-corrected chi connectivity index (χ0v) is 14.5. The van der Waals surface area contributed by atoms with Gasteiger partial charge in [-0.3, -0.25) is 4.57 Å². The molecule has 11 heteroatoms. The number of rotatable bonds is 3. The van der Waals surface area contributed by atoms with Crippen molar-refractivity contribution >= 4 is 23.2 Å². The number of amides is 2. The van der Waals surface area contributed by atoms with Gasteiger partial charge in [0, 0.05) is 11.4 Å². The molecule has 3 aromatic rings. The van der Waals surface area contributed by atoms with E-state index in [-0.39, 0.29) is 17.2 Å². The van der Waals surface area contributed by atoms with E-state index in [1.54, 1.807) is 12.1 Å². The summed E-state index contributed by atoms with van der Waals surface area (Å²) in [4.78, 5) is 15.8. The van der Waals surface area contributed by atoms with E-state index in [0.29, 0.717) is 23.9 Å². The Morgan fingerprint density at radius 2 is 1.83 bits per heavy atom. The molecule has 0 aliphatic heterocycles. The number of nitrogens with one attached hydrogen (secondary N) is 2. The number of carbonyl (C=O) groups excluding carboxylic acids is 1. The van der Waals surface area contributed by atoms with Gasteiger partial charge in [0.1, 0.15) is 24.0 Å². The van der Waals surface area contributed by atoms with Gasteiger partial charge in [0.15, 0.2) is 5.69 Å². The second kappa shape index (κ2) is 7.51. The summed E-state index contributed by atoms with van der Waals surface area (Å²) in [5.41, 5.74) is 5.01. The topological polar surface area (TPSA) is 109 Å². The van der Waals surface area contributed by atoms with Gasteiger partial charge in [-0.1, -0.05) is 0 Å². The molecule has 29 heavy (non-hydrogen) atoms. The van der Waals surface area contributed by atoms with Crippen molar-refractivity contribution in [1.29, 1.82) is 5.26 Å². The number of imidazole rings is 1. The van der Waals surface area contributed by atoms with E-state index in [2.05, 4.69) is 10.3 Å². The molecular formula is C18H12F4N6O. The summed E-state index contributed by atoms with van der Waals surface area (Å²) in [5.74, 6) is -0.863. The summed E-state index contributed by atoms with van der Waals surface area (Å²) in [6.45, 7) is 0. The van der Waals surface area contributed by atoms with Gasteiger partial charge in [-0.25, -0.2) is 14.2 Å². The van der Waals surface area contributed by atoms with E-state index in [1.165, 1.54) is 23.0 Å². The van der Waals surface area contributed by atoms with E-state index < -0.39 is 29.3 Å². The number of urea groups is 1. The van der Waals surface area contributed by atoms with E-state index in [1.807, 2.05) is 11.4 Å².